The monoisotopic (exact) mass is 518 g/mol. The second-order valence-electron chi connectivity index (χ2n) is 6.88. The maximum atomic E-state index is 13.6. The van der Waals surface area contributed by atoms with Crippen molar-refractivity contribution in [3.8, 4) is 11.5 Å². The topological polar surface area (TPSA) is 84.9 Å². The zero-order valence-corrected chi connectivity index (χ0v) is 20.2. The van der Waals surface area contributed by atoms with Crippen molar-refractivity contribution in [3.63, 3.8) is 0 Å². The fourth-order valence-electron chi connectivity index (χ4n) is 3.11. The molecule has 3 rings (SSSR count). The molecule has 0 saturated heterocycles. The average Bonchev–Trinajstić information content (AvgIpc) is 2.78. The molecular weight excluding hydrogens is 496 g/mol. The molecule has 0 atom stereocenters. The Balaban J connectivity index is 2.02. The van der Waals surface area contributed by atoms with Gasteiger partial charge in [0, 0.05) is 17.1 Å². The third-order valence-corrected chi connectivity index (χ3v) is 6.97. The number of anilines is 2. The van der Waals surface area contributed by atoms with Gasteiger partial charge in [0.25, 0.3) is 10.0 Å². The van der Waals surface area contributed by atoms with Gasteiger partial charge in [-0.05, 0) is 66.2 Å². The average molecular weight is 519 g/mol. The molecule has 1 amide bonds. The number of hydrogen-bond donors (Lipinski definition) is 1. The predicted molar refractivity (Wildman–Crippen MR) is 128 cm³/mol. The standard InChI is InChI=1S/C23H23BrN2O5S/c1-16(27)25-19-7-11-21(12-8-19)32(28,29)26(20-9-5-18(24)6-10-20)15-17-4-13-22(30-2)23(14-17)31-3/h4-14H,15H2,1-3H3,(H,25,27). The van der Waals surface area contributed by atoms with Crippen LogP contribution in [0.5, 0.6) is 11.5 Å². The maximum absolute atomic E-state index is 13.6. The number of carbonyl (C=O) groups excluding carboxylic acids is 1. The summed E-state index contributed by atoms with van der Waals surface area (Å²) >= 11 is 3.39. The second kappa shape index (κ2) is 10.1. The summed E-state index contributed by atoms with van der Waals surface area (Å²) in [4.78, 5) is 11.4. The van der Waals surface area contributed by atoms with Crippen molar-refractivity contribution in [1.82, 2.24) is 0 Å². The van der Waals surface area contributed by atoms with Crippen LogP contribution in [0.25, 0.3) is 0 Å². The smallest absolute Gasteiger partial charge is 0.264 e. The van der Waals surface area contributed by atoms with Gasteiger partial charge in [0.05, 0.1) is 31.3 Å². The van der Waals surface area contributed by atoms with Crippen LogP contribution < -0.4 is 19.1 Å². The number of halogens is 1. The Kier molecular flexibility index (Phi) is 7.42. The third kappa shape index (κ3) is 5.41. The second-order valence-corrected chi connectivity index (χ2v) is 9.66. The minimum atomic E-state index is -3.91. The first kappa shape index (κ1) is 23.6. The predicted octanol–water partition coefficient (Wildman–Crippen LogP) is 4.82. The van der Waals surface area contributed by atoms with E-state index in [0.717, 1.165) is 10.0 Å². The van der Waals surface area contributed by atoms with Crippen LogP contribution in [0.15, 0.2) is 76.1 Å². The first-order valence-electron chi connectivity index (χ1n) is 9.61. The fraction of sp³-hybridized carbons (Fsp3) is 0.174. The number of nitrogens with one attached hydrogen (secondary N) is 1. The first-order chi connectivity index (χ1) is 15.2. The molecule has 0 aromatic heterocycles. The van der Waals surface area contributed by atoms with Crippen molar-refractivity contribution >= 4 is 43.2 Å². The van der Waals surface area contributed by atoms with Crippen molar-refractivity contribution in [3.05, 3.63) is 76.8 Å². The zero-order chi connectivity index (χ0) is 23.3. The molecule has 9 heteroatoms. The van der Waals surface area contributed by atoms with E-state index in [1.807, 2.05) is 0 Å². The molecule has 0 aliphatic rings. The van der Waals surface area contributed by atoms with Gasteiger partial charge < -0.3 is 14.8 Å². The molecule has 32 heavy (non-hydrogen) atoms. The van der Waals surface area contributed by atoms with E-state index in [4.69, 9.17) is 9.47 Å². The Hall–Kier alpha value is -3.04. The Bertz CT molecular complexity index is 1200. The van der Waals surface area contributed by atoms with Crippen LogP contribution in [0.2, 0.25) is 0 Å². The summed E-state index contributed by atoms with van der Waals surface area (Å²) in [7, 11) is -0.841. The number of hydrogen-bond acceptors (Lipinski definition) is 5. The van der Waals surface area contributed by atoms with E-state index in [1.54, 1.807) is 61.7 Å². The fourth-order valence-corrected chi connectivity index (χ4v) is 4.83. The van der Waals surface area contributed by atoms with Crippen molar-refractivity contribution < 1.29 is 22.7 Å². The quantitative estimate of drug-likeness (QED) is 0.462. The largest absolute Gasteiger partial charge is 0.493 e. The Labute approximate surface area is 196 Å². The SMILES string of the molecule is COc1ccc(CN(c2ccc(Br)cc2)S(=O)(=O)c2ccc(NC(C)=O)cc2)cc1OC. The molecule has 3 aromatic rings. The summed E-state index contributed by atoms with van der Waals surface area (Å²) in [6.45, 7) is 1.47. The van der Waals surface area contributed by atoms with Gasteiger partial charge >= 0.3 is 0 Å². The van der Waals surface area contributed by atoms with Crippen LogP contribution in [0.4, 0.5) is 11.4 Å². The zero-order valence-electron chi connectivity index (χ0n) is 17.8. The van der Waals surface area contributed by atoms with E-state index in [1.165, 1.54) is 30.5 Å². The molecule has 1 N–H and O–H groups in total. The highest BCUT2D eigenvalue weighted by Gasteiger charge is 2.26. The van der Waals surface area contributed by atoms with Gasteiger partial charge in [0.15, 0.2) is 11.5 Å². The van der Waals surface area contributed by atoms with E-state index < -0.39 is 10.0 Å². The van der Waals surface area contributed by atoms with Crippen LogP contribution in [-0.2, 0) is 21.4 Å². The number of sulfonamides is 1. The molecule has 0 radical (unpaired) electrons. The maximum Gasteiger partial charge on any atom is 0.264 e. The minimum absolute atomic E-state index is 0.0811. The number of nitrogens with zero attached hydrogens (tertiary/aromatic N) is 1. The van der Waals surface area contributed by atoms with Gasteiger partial charge in [-0.2, -0.15) is 0 Å². The van der Waals surface area contributed by atoms with Crippen LogP contribution in [0.3, 0.4) is 0 Å². The molecule has 3 aromatic carbocycles. The van der Waals surface area contributed by atoms with Crippen LogP contribution >= 0.6 is 15.9 Å². The third-order valence-electron chi connectivity index (χ3n) is 4.65. The van der Waals surface area contributed by atoms with Crippen molar-refractivity contribution in [1.29, 1.82) is 0 Å². The lowest BCUT2D eigenvalue weighted by Crippen LogP contribution is -2.30. The highest BCUT2D eigenvalue weighted by Crippen LogP contribution is 2.31. The molecule has 0 saturated carbocycles. The number of amides is 1. The molecule has 0 aliphatic heterocycles. The van der Waals surface area contributed by atoms with Crippen LogP contribution in [0, 0.1) is 0 Å². The Morgan fingerprint density at radius 3 is 2.12 bits per heavy atom. The molecule has 168 valence electrons. The van der Waals surface area contributed by atoms with Gasteiger partial charge in [-0.3, -0.25) is 9.10 Å². The summed E-state index contributed by atoms with van der Waals surface area (Å²) in [5.74, 6) is 0.839. The normalized spacial score (nSPS) is 11.0. The van der Waals surface area contributed by atoms with Crippen molar-refractivity contribution in [2.45, 2.75) is 18.4 Å². The van der Waals surface area contributed by atoms with Crippen LogP contribution in [0.1, 0.15) is 12.5 Å². The summed E-state index contributed by atoms with van der Waals surface area (Å²) in [6, 6.07) is 18.4. The summed E-state index contributed by atoms with van der Waals surface area (Å²) in [5, 5.41) is 2.64. The van der Waals surface area contributed by atoms with Crippen molar-refractivity contribution in [2.24, 2.45) is 0 Å². The van der Waals surface area contributed by atoms with Gasteiger partial charge in [0.1, 0.15) is 0 Å². The van der Waals surface area contributed by atoms with Crippen molar-refractivity contribution in [2.75, 3.05) is 23.8 Å². The highest BCUT2D eigenvalue weighted by molar-refractivity contribution is 9.10. The number of ether oxygens (including phenoxy) is 2. The summed E-state index contributed by atoms with van der Waals surface area (Å²) in [5.41, 5.74) is 1.75. The molecule has 0 aliphatic carbocycles. The van der Waals surface area contributed by atoms with E-state index in [-0.39, 0.29) is 17.3 Å². The molecule has 0 spiro atoms. The molecular formula is C23H23BrN2O5S. The lowest BCUT2D eigenvalue weighted by Gasteiger charge is -2.25. The molecule has 0 bridgehead atoms. The number of carbonyl (C=O) groups is 1. The number of rotatable bonds is 8. The van der Waals surface area contributed by atoms with E-state index in [9.17, 15) is 13.2 Å². The van der Waals surface area contributed by atoms with E-state index in [0.29, 0.717) is 22.9 Å². The summed E-state index contributed by atoms with van der Waals surface area (Å²) in [6.07, 6.45) is 0. The summed E-state index contributed by atoms with van der Waals surface area (Å²) < 4.78 is 40.0. The van der Waals surface area contributed by atoms with Crippen LogP contribution in [-0.4, -0.2) is 28.5 Å². The lowest BCUT2D eigenvalue weighted by molar-refractivity contribution is -0.114. The van der Waals surface area contributed by atoms with Gasteiger partial charge in [0.2, 0.25) is 5.91 Å². The van der Waals surface area contributed by atoms with Gasteiger partial charge in [-0.15, -0.1) is 0 Å². The van der Waals surface area contributed by atoms with E-state index in [2.05, 4.69) is 21.2 Å². The highest BCUT2D eigenvalue weighted by atomic mass is 79.9. The van der Waals surface area contributed by atoms with Gasteiger partial charge in [-0.1, -0.05) is 22.0 Å². The number of benzene rings is 3. The first-order valence-corrected chi connectivity index (χ1v) is 11.8. The molecule has 0 fully saturated rings. The molecule has 0 heterocycles. The lowest BCUT2D eigenvalue weighted by atomic mass is 10.2. The Morgan fingerprint density at radius 2 is 1.56 bits per heavy atom. The molecule has 0 unspecified atom stereocenters. The minimum Gasteiger partial charge on any atom is -0.493 e. The molecule has 7 nitrogen and oxygen atoms in total. The number of methoxy groups -OCH3 is 2. The van der Waals surface area contributed by atoms with Gasteiger partial charge in [-0.25, -0.2) is 8.42 Å². The van der Waals surface area contributed by atoms with E-state index >= 15 is 0 Å². The Morgan fingerprint density at radius 1 is 0.938 bits per heavy atom.